The molecule has 0 atom stereocenters. The molecule has 0 spiro atoms. The van der Waals surface area contributed by atoms with Gasteiger partial charge in [0.15, 0.2) is 0 Å². The number of aromatic nitrogens is 4. The monoisotopic (exact) mass is 518 g/mol. The Hall–Kier alpha value is -4.34. The largest absolute Gasteiger partial charge is 0.417 e. The lowest BCUT2D eigenvalue weighted by Gasteiger charge is -2.35. The molecule has 10 heteroatoms. The zero-order valence-electron chi connectivity index (χ0n) is 20.9. The molecule has 1 aromatic carbocycles. The van der Waals surface area contributed by atoms with E-state index in [9.17, 15) is 18.0 Å². The molecule has 1 aliphatic rings. The highest BCUT2D eigenvalue weighted by atomic mass is 19.4. The molecule has 3 aromatic heterocycles. The Morgan fingerprint density at radius 2 is 1.58 bits per heavy atom. The van der Waals surface area contributed by atoms with E-state index in [1.165, 1.54) is 18.3 Å². The summed E-state index contributed by atoms with van der Waals surface area (Å²) < 4.78 is 41.6. The molecular weight excluding hydrogens is 493 g/mol. The lowest BCUT2D eigenvalue weighted by atomic mass is 9.98. The van der Waals surface area contributed by atoms with E-state index < -0.39 is 11.7 Å². The predicted octanol–water partition coefficient (Wildman–Crippen LogP) is 5.20. The summed E-state index contributed by atoms with van der Waals surface area (Å²) in [6, 6.07) is 10.8. The molecule has 4 aromatic rings. The Morgan fingerprint density at radius 1 is 0.816 bits per heavy atom. The van der Waals surface area contributed by atoms with Gasteiger partial charge in [-0.3, -0.25) is 19.7 Å². The summed E-state index contributed by atoms with van der Waals surface area (Å²) >= 11 is 0. The van der Waals surface area contributed by atoms with Gasteiger partial charge in [-0.2, -0.15) is 13.2 Å². The van der Waals surface area contributed by atoms with Crippen molar-refractivity contribution in [3.8, 4) is 22.5 Å². The number of alkyl halides is 3. The number of nitrogens with zero attached hydrogens (tertiary/aromatic N) is 6. The van der Waals surface area contributed by atoms with Crippen molar-refractivity contribution in [1.29, 1.82) is 0 Å². The molecular formula is C28H25F3N6O. The van der Waals surface area contributed by atoms with Crippen LogP contribution in [0.25, 0.3) is 22.5 Å². The molecule has 0 saturated carbocycles. The number of pyridine rings is 2. The molecule has 0 radical (unpaired) electrons. The lowest BCUT2D eigenvalue weighted by molar-refractivity contribution is -0.137. The molecule has 38 heavy (non-hydrogen) atoms. The van der Waals surface area contributed by atoms with Crippen LogP contribution >= 0.6 is 0 Å². The summed E-state index contributed by atoms with van der Waals surface area (Å²) in [7, 11) is 0. The number of anilines is 1. The molecule has 1 amide bonds. The highest BCUT2D eigenvalue weighted by molar-refractivity contribution is 5.93. The molecule has 5 rings (SSSR count). The Morgan fingerprint density at radius 3 is 2.29 bits per heavy atom. The summed E-state index contributed by atoms with van der Waals surface area (Å²) in [4.78, 5) is 34.4. The van der Waals surface area contributed by atoms with Crippen LogP contribution in [0.5, 0.6) is 0 Å². The van der Waals surface area contributed by atoms with Crippen molar-refractivity contribution in [3.05, 3.63) is 89.6 Å². The lowest BCUT2D eigenvalue weighted by Crippen LogP contribution is -2.49. The molecule has 1 saturated heterocycles. The molecule has 0 aliphatic carbocycles. The van der Waals surface area contributed by atoms with Gasteiger partial charge in [0.2, 0.25) is 0 Å². The van der Waals surface area contributed by atoms with E-state index in [0.29, 0.717) is 48.9 Å². The van der Waals surface area contributed by atoms with E-state index in [2.05, 4.69) is 15.0 Å². The molecule has 1 aliphatic heterocycles. The number of carbonyl (C=O) groups is 1. The highest BCUT2D eigenvalue weighted by Gasteiger charge is 2.35. The molecule has 4 heterocycles. The van der Waals surface area contributed by atoms with Crippen molar-refractivity contribution in [2.75, 3.05) is 31.1 Å². The van der Waals surface area contributed by atoms with Crippen molar-refractivity contribution in [2.24, 2.45) is 0 Å². The summed E-state index contributed by atoms with van der Waals surface area (Å²) in [6.07, 6.45) is 1.79. The first kappa shape index (κ1) is 25.3. The average Bonchev–Trinajstić information content (AvgIpc) is 2.92. The number of aryl methyl sites for hydroxylation is 2. The number of rotatable bonds is 4. The van der Waals surface area contributed by atoms with Crippen LogP contribution in [0.4, 0.5) is 19.0 Å². The minimum atomic E-state index is -4.55. The van der Waals surface area contributed by atoms with Gasteiger partial charge in [0, 0.05) is 55.9 Å². The Kier molecular flexibility index (Phi) is 6.79. The van der Waals surface area contributed by atoms with Crippen molar-refractivity contribution in [3.63, 3.8) is 0 Å². The van der Waals surface area contributed by atoms with Crippen molar-refractivity contribution in [1.82, 2.24) is 24.8 Å². The van der Waals surface area contributed by atoms with E-state index in [4.69, 9.17) is 4.98 Å². The molecule has 0 N–H and O–H groups in total. The topological polar surface area (TPSA) is 75.1 Å². The van der Waals surface area contributed by atoms with Crippen molar-refractivity contribution >= 4 is 11.7 Å². The number of hydrogen-bond donors (Lipinski definition) is 0. The average molecular weight is 519 g/mol. The normalized spacial score (nSPS) is 14.0. The van der Waals surface area contributed by atoms with Crippen LogP contribution in [0.3, 0.4) is 0 Å². The minimum absolute atomic E-state index is 0.0357. The maximum atomic E-state index is 13.9. The van der Waals surface area contributed by atoms with Crippen LogP contribution in [0.1, 0.15) is 27.2 Å². The van der Waals surface area contributed by atoms with Crippen LogP contribution < -0.4 is 4.90 Å². The molecule has 7 nitrogen and oxygen atoms in total. The minimum Gasteiger partial charge on any atom is -0.352 e. The van der Waals surface area contributed by atoms with E-state index in [1.54, 1.807) is 41.7 Å². The first-order chi connectivity index (χ1) is 18.2. The fourth-order valence-electron chi connectivity index (χ4n) is 4.59. The van der Waals surface area contributed by atoms with Crippen LogP contribution in [0, 0.1) is 13.8 Å². The second-order valence-corrected chi connectivity index (χ2v) is 9.11. The maximum Gasteiger partial charge on any atom is 0.417 e. The second-order valence-electron chi connectivity index (χ2n) is 9.11. The fourth-order valence-corrected chi connectivity index (χ4v) is 4.59. The summed E-state index contributed by atoms with van der Waals surface area (Å²) in [5.41, 5.74) is 2.36. The van der Waals surface area contributed by atoms with Gasteiger partial charge in [0.05, 0.1) is 23.1 Å². The number of carbonyl (C=O) groups excluding carboxylic acids is 1. The first-order valence-corrected chi connectivity index (χ1v) is 12.1. The number of halogens is 3. The van der Waals surface area contributed by atoms with E-state index >= 15 is 0 Å². The van der Waals surface area contributed by atoms with Crippen LogP contribution in [-0.2, 0) is 6.18 Å². The Balaban J connectivity index is 1.48. The van der Waals surface area contributed by atoms with Crippen LogP contribution in [0.15, 0.2) is 67.3 Å². The number of piperazine rings is 1. The third-order valence-electron chi connectivity index (χ3n) is 6.63. The summed E-state index contributed by atoms with van der Waals surface area (Å²) in [6.45, 7) is 5.60. The molecule has 1 fully saturated rings. The number of amides is 1. The maximum absolute atomic E-state index is 13.9. The van der Waals surface area contributed by atoms with Crippen LogP contribution in [-0.4, -0.2) is 56.9 Å². The van der Waals surface area contributed by atoms with E-state index in [-0.39, 0.29) is 17.2 Å². The molecule has 194 valence electrons. The second kappa shape index (κ2) is 10.2. The highest BCUT2D eigenvalue weighted by Crippen LogP contribution is 2.40. The van der Waals surface area contributed by atoms with Crippen molar-refractivity contribution < 1.29 is 18.0 Å². The first-order valence-electron chi connectivity index (χ1n) is 12.1. The molecule has 0 bridgehead atoms. The van der Waals surface area contributed by atoms with Gasteiger partial charge >= 0.3 is 6.18 Å². The smallest absolute Gasteiger partial charge is 0.352 e. The zero-order chi connectivity index (χ0) is 26.9. The zero-order valence-corrected chi connectivity index (χ0v) is 20.9. The van der Waals surface area contributed by atoms with Gasteiger partial charge in [-0.25, -0.2) is 4.98 Å². The van der Waals surface area contributed by atoms with E-state index in [1.807, 2.05) is 24.8 Å². The third-order valence-corrected chi connectivity index (χ3v) is 6.63. The van der Waals surface area contributed by atoms with E-state index in [0.717, 1.165) is 17.2 Å². The fraction of sp³-hybridized carbons (Fsp3) is 0.250. The van der Waals surface area contributed by atoms with Gasteiger partial charge in [-0.15, -0.1) is 0 Å². The van der Waals surface area contributed by atoms with Crippen LogP contribution in [0.2, 0.25) is 0 Å². The number of hydrogen-bond acceptors (Lipinski definition) is 6. The standard InChI is InChI=1S/C28H25F3N6O/c1-18-6-5-10-33-24(18)27(38)37-14-12-36(13-15-37)23-17-34-25(21-7-3-4-8-22(21)28(29,30)31)26(35-23)20-9-11-32-16-19(20)2/h3-11,16-17H,12-15H2,1-2H3. The third kappa shape index (κ3) is 4.93. The summed E-state index contributed by atoms with van der Waals surface area (Å²) in [5.74, 6) is 0.409. The Bertz CT molecular complexity index is 1480. The van der Waals surface area contributed by atoms with Gasteiger partial charge < -0.3 is 9.80 Å². The van der Waals surface area contributed by atoms with Gasteiger partial charge in [-0.05, 0) is 43.2 Å². The summed E-state index contributed by atoms with van der Waals surface area (Å²) in [5, 5.41) is 0. The SMILES string of the molecule is Cc1cnccc1-c1nc(N2CCN(C(=O)c3ncccc3C)CC2)cnc1-c1ccccc1C(F)(F)F. The Labute approximate surface area is 218 Å². The van der Waals surface area contributed by atoms with Gasteiger partial charge in [-0.1, -0.05) is 24.3 Å². The predicted molar refractivity (Wildman–Crippen MR) is 138 cm³/mol. The quantitative estimate of drug-likeness (QED) is 0.370. The van der Waals surface area contributed by atoms with Gasteiger partial charge in [0.1, 0.15) is 11.5 Å². The van der Waals surface area contributed by atoms with Crippen molar-refractivity contribution in [2.45, 2.75) is 20.0 Å². The molecule has 0 unspecified atom stereocenters. The van der Waals surface area contributed by atoms with Gasteiger partial charge in [0.25, 0.3) is 5.91 Å². The number of benzene rings is 1.